The summed E-state index contributed by atoms with van der Waals surface area (Å²) in [4.78, 5) is 139. The van der Waals surface area contributed by atoms with Crippen LogP contribution in [0, 0.1) is 27.7 Å². The SMILES string of the molecule is COCCOC(=O)CC(=O)OCCOC(=O)c1cc(C(c2ccc3c(c2)C(=O)N(c2c(C)c(C)c(N4C(=O)c5ccc(C(c6ccc(C(=O)OC7CCC(O)C(OC)CCC7O)c(C(C)=O)c6)(C(F)(F)F)C(F)(F)F)cc5C4=O)c(C)c2C)C3=O)(C(F)(F)F)C(F)(F)F)ccc1C(=O)OC1CCC(O)C(OC)CCC1O. The van der Waals surface area contributed by atoms with E-state index in [0.29, 0.717) is 34.1 Å². The van der Waals surface area contributed by atoms with Gasteiger partial charge >= 0.3 is 54.6 Å². The van der Waals surface area contributed by atoms with Gasteiger partial charge in [-0.3, -0.25) is 33.6 Å². The lowest BCUT2D eigenvalue weighted by molar-refractivity contribution is -0.290. The number of nitrogens with zero attached hydrogens (tertiary/aromatic N) is 2. The smallest absolute Gasteiger partial charge is 0.411 e. The van der Waals surface area contributed by atoms with Crippen molar-refractivity contribution >= 4 is 70.6 Å². The van der Waals surface area contributed by atoms with Crippen molar-refractivity contribution in [1.29, 1.82) is 0 Å². The van der Waals surface area contributed by atoms with Gasteiger partial charge < -0.3 is 58.3 Å². The van der Waals surface area contributed by atoms with Gasteiger partial charge in [0.05, 0.1) is 93.5 Å². The fourth-order valence-corrected chi connectivity index (χ4v) is 14.5. The van der Waals surface area contributed by atoms with Crippen LogP contribution in [0.5, 0.6) is 0 Å². The van der Waals surface area contributed by atoms with Crippen LogP contribution in [0.2, 0.25) is 0 Å². The van der Waals surface area contributed by atoms with Gasteiger partial charge in [-0.05, 0) is 179 Å². The molecule has 2 heterocycles. The number of imide groups is 2. The number of rotatable bonds is 22. The summed E-state index contributed by atoms with van der Waals surface area (Å²) >= 11 is 0. The predicted molar refractivity (Wildman–Crippen MR) is 359 cm³/mol. The quantitative estimate of drug-likeness (QED) is 0.00951. The van der Waals surface area contributed by atoms with Gasteiger partial charge in [-0.15, -0.1) is 0 Å². The van der Waals surface area contributed by atoms with Crippen molar-refractivity contribution in [2.24, 2.45) is 0 Å². The molecule has 36 heteroatoms. The minimum atomic E-state index is -6.56. The Balaban J connectivity index is 1.06. The summed E-state index contributed by atoms with van der Waals surface area (Å²) in [5.41, 5.74) is -27.3. The minimum absolute atomic E-state index is 0.0137. The number of carbonyl (C=O) groups excluding carboxylic acids is 10. The molecule has 8 unspecified atom stereocenters. The van der Waals surface area contributed by atoms with Crippen molar-refractivity contribution in [2.45, 2.75) is 177 Å². The number of esters is 5. The highest BCUT2D eigenvalue weighted by atomic mass is 19.4. The first-order chi connectivity index (χ1) is 51.9. The van der Waals surface area contributed by atoms with Gasteiger partial charge in [0.15, 0.2) is 5.78 Å². The fourth-order valence-electron chi connectivity index (χ4n) is 14.5. The number of hydrogen-bond acceptors (Lipinski definition) is 22. The lowest BCUT2D eigenvalue weighted by Crippen LogP contribution is -2.55. The number of anilines is 2. The van der Waals surface area contributed by atoms with Crippen LogP contribution in [0.25, 0.3) is 0 Å². The third kappa shape index (κ3) is 16.0. The highest BCUT2D eigenvalue weighted by Crippen LogP contribution is 2.59. The van der Waals surface area contributed by atoms with Crippen molar-refractivity contribution in [3.05, 3.63) is 162 Å². The van der Waals surface area contributed by atoms with Gasteiger partial charge in [0.1, 0.15) is 38.4 Å². The maximum Gasteiger partial charge on any atom is 0.411 e. The van der Waals surface area contributed by atoms with E-state index in [4.69, 9.17) is 37.9 Å². The van der Waals surface area contributed by atoms with Crippen LogP contribution in [0.3, 0.4) is 0 Å². The van der Waals surface area contributed by atoms with Crippen LogP contribution in [0.1, 0.15) is 192 Å². The molecule has 4 amide bonds. The van der Waals surface area contributed by atoms with Gasteiger partial charge in [-0.1, -0.05) is 24.3 Å². The van der Waals surface area contributed by atoms with Gasteiger partial charge in [-0.25, -0.2) is 24.2 Å². The number of aliphatic hydroxyl groups is 4. The number of ether oxygens (including phenoxy) is 8. The number of halogens is 12. The molecular weight excluding hydrogens is 1510 g/mol. The summed E-state index contributed by atoms with van der Waals surface area (Å²) in [7, 11) is 3.89. The lowest BCUT2D eigenvalue weighted by atomic mass is 9.71. The summed E-state index contributed by atoms with van der Waals surface area (Å²) in [5, 5.41) is 43.0. The highest BCUT2D eigenvalue weighted by Gasteiger charge is 2.74. The van der Waals surface area contributed by atoms with Crippen molar-refractivity contribution in [3.8, 4) is 0 Å². The van der Waals surface area contributed by atoms with Crippen LogP contribution in [-0.2, 0) is 58.3 Å². The molecule has 0 spiro atoms. The maximum absolute atomic E-state index is 16.2. The first-order valence-electron chi connectivity index (χ1n) is 34.3. The maximum atomic E-state index is 16.2. The topological polar surface area (TPSA) is 332 Å². The van der Waals surface area contributed by atoms with E-state index in [1.165, 1.54) is 49.0 Å². The number of fused-ring (bicyclic) bond motifs is 2. The number of aliphatic hydroxyl groups excluding tert-OH is 4. The van der Waals surface area contributed by atoms with E-state index in [9.17, 15) is 68.4 Å². The summed E-state index contributed by atoms with van der Waals surface area (Å²) in [6.07, 6.45) is -37.4. The van der Waals surface area contributed by atoms with Crippen molar-refractivity contribution in [1.82, 2.24) is 0 Å². The Morgan fingerprint density at radius 1 is 0.387 bits per heavy atom. The first-order valence-corrected chi connectivity index (χ1v) is 34.3. The van der Waals surface area contributed by atoms with Crippen LogP contribution in [0.4, 0.5) is 64.1 Å². The third-order valence-corrected chi connectivity index (χ3v) is 20.5. The zero-order valence-corrected chi connectivity index (χ0v) is 60.3. The molecule has 24 nitrogen and oxygen atoms in total. The summed E-state index contributed by atoms with van der Waals surface area (Å²) in [6.45, 7) is 3.21. The standard InChI is InChI=1S/C75H74F12N2O22/c1-34-36(3)62(37(4)35(2)61(34)88-63(97)43-13-9-40(30-48(43)65(88)99)70(72(76,77)78,73(79,80)81)39-11-15-45(47(29-39)38(5)90)68(102)110-57-23-19-51(91)55(105-7)21-17-53(57)93)89-64(98)44-14-10-41(31-49(44)66(89)100)71(74(82,83)84,75(85,86)87)42-12-16-46(69(103)111-58-24-20-52(92)56(106-8)22-18-54(58)94)50(32-42)67(101)109-28-27-108-60(96)33-59(95)107-26-25-104-6/h9-16,29-32,51-58,91-94H,17-28,33H2,1-8H3. The number of benzene rings is 5. The van der Waals surface area contributed by atoms with Crippen molar-refractivity contribution < 1.29 is 159 Å². The number of methoxy groups -OCH3 is 3. The lowest BCUT2D eigenvalue weighted by Gasteiger charge is -2.38. The number of alkyl halides is 12. The molecule has 111 heavy (non-hydrogen) atoms. The molecule has 4 N–H and O–H groups in total. The molecule has 2 aliphatic heterocycles. The molecule has 5 aromatic carbocycles. The molecular formula is C75H74F12N2O22. The molecule has 9 rings (SSSR count). The molecule has 5 aromatic rings. The Labute approximate surface area is 623 Å². The molecule has 0 aromatic heterocycles. The van der Waals surface area contributed by atoms with Crippen LogP contribution in [-0.4, -0.2) is 201 Å². The highest BCUT2D eigenvalue weighted by molar-refractivity contribution is 6.37. The van der Waals surface area contributed by atoms with Gasteiger partial charge in [-0.2, -0.15) is 52.7 Å². The van der Waals surface area contributed by atoms with Crippen LogP contribution >= 0.6 is 0 Å². The predicted octanol–water partition coefficient (Wildman–Crippen LogP) is 10.5. The molecule has 0 saturated heterocycles. The average molecular weight is 1580 g/mol. The molecule has 600 valence electrons. The summed E-state index contributed by atoms with van der Waals surface area (Å²) in [5.74, 6) is -14.3. The summed E-state index contributed by atoms with van der Waals surface area (Å²) in [6, 6.07) is 3.01. The zero-order valence-electron chi connectivity index (χ0n) is 60.3. The number of carbonyl (C=O) groups is 10. The molecule has 4 aliphatic rings. The van der Waals surface area contributed by atoms with Crippen molar-refractivity contribution in [3.63, 3.8) is 0 Å². The van der Waals surface area contributed by atoms with E-state index in [-0.39, 0.29) is 135 Å². The Morgan fingerprint density at radius 2 is 0.694 bits per heavy atom. The van der Waals surface area contributed by atoms with E-state index in [0.717, 1.165) is 6.92 Å². The molecule has 0 radical (unpaired) electrons. The molecule has 2 fully saturated rings. The van der Waals surface area contributed by atoms with E-state index in [1.807, 2.05) is 0 Å². The molecule has 8 atom stereocenters. The van der Waals surface area contributed by atoms with Crippen LogP contribution in [0.15, 0.2) is 72.8 Å². The van der Waals surface area contributed by atoms with Gasteiger partial charge in [0, 0.05) is 26.9 Å². The largest absolute Gasteiger partial charge is 0.463 e. The summed E-state index contributed by atoms with van der Waals surface area (Å²) < 4.78 is 234. The second-order valence-corrected chi connectivity index (χ2v) is 26.9. The average Bonchev–Trinajstić information content (AvgIpc) is 1.70. The van der Waals surface area contributed by atoms with Gasteiger partial charge in [0.25, 0.3) is 23.6 Å². The van der Waals surface area contributed by atoms with E-state index < -0.39 is 241 Å². The Bertz CT molecular complexity index is 4460. The first kappa shape index (κ1) is 85.3. The van der Waals surface area contributed by atoms with E-state index in [2.05, 4.69) is 0 Å². The second kappa shape index (κ2) is 32.9. The minimum Gasteiger partial charge on any atom is -0.463 e. The van der Waals surface area contributed by atoms with E-state index in [1.54, 1.807) is 0 Å². The van der Waals surface area contributed by atoms with Crippen LogP contribution < -0.4 is 9.80 Å². The van der Waals surface area contributed by atoms with E-state index >= 15 is 52.7 Å². The molecule has 2 aliphatic carbocycles. The van der Waals surface area contributed by atoms with Gasteiger partial charge in [0.2, 0.25) is 10.8 Å². The number of hydrogen-bond donors (Lipinski definition) is 4. The molecule has 2 saturated carbocycles. The number of ketones is 1. The normalized spacial score (nSPS) is 20.9. The Hall–Kier alpha value is -9.72. The monoisotopic (exact) mass is 1580 g/mol. The third-order valence-electron chi connectivity index (χ3n) is 20.5. The fraction of sp³-hybridized carbons (Fsp3) is 0.467. The Morgan fingerprint density at radius 3 is 1.05 bits per heavy atom. The Kier molecular flexibility index (Phi) is 25.3. The zero-order chi connectivity index (χ0) is 82.3. The number of amides is 4. The van der Waals surface area contributed by atoms with Crippen molar-refractivity contribution in [2.75, 3.05) is 57.6 Å². The second-order valence-electron chi connectivity index (χ2n) is 26.9. The molecule has 0 bridgehead atoms. The number of Topliss-reactive ketones (excluding diaryl/α,β-unsaturated/α-hetero) is 1.